The molecule has 0 spiro atoms. The highest BCUT2D eigenvalue weighted by Gasteiger charge is 2.13. The summed E-state index contributed by atoms with van der Waals surface area (Å²) >= 11 is 5.16. The maximum absolute atomic E-state index is 5.16. The van der Waals surface area contributed by atoms with Crippen LogP contribution in [0.3, 0.4) is 0 Å². The van der Waals surface area contributed by atoms with Crippen molar-refractivity contribution >= 4 is 17.2 Å². The zero-order chi connectivity index (χ0) is 8.27. The lowest BCUT2D eigenvalue weighted by molar-refractivity contribution is 0.576. The standard InChI is InChI=1S/C9H13NS/c1-3-4-8-5-6-10(2)9(11)7-8/h3,5-6,8H,1,4,7H2,2H3. The summed E-state index contributed by atoms with van der Waals surface area (Å²) in [5, 5.41) is 0. The van der Waals surface area contributed by atoms with Crippen molar-refractivity contribution in [1.29, 1.82) is 0 Å². The van der Waals surface area contributed by atoms with Crippen LogP contribution in [0.4, 0.5) is 0 Å². The normalized spacial score (nSPS) is 23.9. The quantitative estimate of drug-likeness (QED) is 0.459. The summed E-state index contributed by atoms with van der Waals surface area (Å²) in [7, 11) is 1.99. The van der Waals surface area contributed by atoms with Crippen molar-refractivity contribution in [3.8, 4) is 0 Å². The van der Waals surface area contributed by atoms with E-state index in [0.29, 0.717) is 5.92 Å². The molecule has 1 rings (SSSR count). The first-order valence-electron chi connectivity index (χ1n) is 3.79. The second-order valence-corrected chi connectivity index (χ2v) is 3.31. The molecule has 1 heterocycles. The summed E-state index contributed by atoms with van der Waals surface area (Å²) in [5.41, 5.74) is 0. The van der Waals surface area contributed by atoms with Crippen molar-refractivity contribution in [1.82, 2.24) is 4.90 Å². The average molecular weight is 167 g/mol. The van der Waals surface area contributed by atoms with E-state index in [4.69, 9.17) is 12.2 Å². The van der Waals surface area contributed by atoms with Crippen molar-refractivity contribution in [2.45, 2.75) is 12.8 Å². The van der Waals surface area contributed by atoms with Gasteiger partial charge in [0, 0.05) is 19.7 Å². The van der Waals surface area contributed by atoms with E-state index in [2.05, 4.69) is 12.7 Å². The molecule has 0 aromatic carbocycles. The molecular formula is C9H13NS. The Hall–Kier alpha value is -0.630. The fourth-order valence-electron chi connectivity index (χ4n) is 1.15. The van der Waals surface area contributed by atoms with Gasteiger partial charge in [-0.25, -0.2) is 0 Å². The van der Waals surface area contributed by atoms with E-state index in [1.807, 2.05) is 24.2 Å². The van der Waals surface area contributed by atoms with Crippen LogP contribution in [0.25, 0.3) is 0 Å². The molecule has 0 aliphatic carbocycles. The topological polar surface area (TPSA) is 3.24 Å². The minimum absolute atomic E-state index is 0.580. The van der Waals surface area contributed by atoms with E-state index in [9.17, 15) is 0 Å². The third kappa shape index (κ3) is 2.15. The minimum Gasteiger partial charge on any atom is -0.346 e. The van der Waals surface area contributed by atoms with Crippen molar-refractivity contribution in [2.75, 3.05) is 7.05 Å². The molecule has 1 atom stereocenters. The summed E-state index contributed by atoms with van der Waals surface area (Å²) in [6, 6.07) is 0. The molecule has 1 nitrogen and oxygen atoms in total. The first-order valence-corrected chi connectivity index (χ1v) is 4.19. The van der Waals surface area contributed by atoms with Gasteiger partial charge in [0.05, 0.1) is 4.99 Å². The third-order valence-electron chi connectivity index (χ3n) is 1.88. The molecule has 0 aromatic heterocycles. The van der Waals surface area contributed by atoms with Gasteiger partial charge in [0.25, 0.3) is 0 Å². The van der Waals surface area contributed by atoms with E-state index >= 15 is 0 Å². The highest BCUT2D eigenvalue weighted by Crippen LogP contribution is 2.18. The van der Waals surface area contributed by atoms with Gasteiger partial charge in [0.2, 0.25) is 0 Å². The molecule has 1 aliphatic heterocycles. The minimum atomic E-state index is 0.580. The highest BCUT2D eigenvalue weighted by molar-refractivity contribution is 7.80. The fourth-order valence-corrected chi connectivity index (χ4v) is 1.42. The molecular weight excluding hydrogens is 154 g/mol. The van der Waals surface area contributed by atoms with Crippen molar-refractivity contribution < 1.29 is 0 Å². The van der Waals surface area contributed by atoms with Crippen LogP contribution in [0.1, 0.15) is 12.8 Å². The van der Waals surface area contributed by atoms with E-state index in [0.717, 1.165) is 17.8 Å². The SMILES string of the molecule is C=CCC1C=CN(C)C(=S)C1. The lowest BCUT2D eigenvalue weighted by Gasteiger charge is -2.24. The van der Waals surface area contributed by atoms with Gasteiger partial charge >= 0.3 is 0 Å². The Labute approximate surface area is 73.4 Å². The molecule has 0 amide bonds. The molecule has 0 N–H and O–H groups in total. The smallest absolute Gasteiger partial charge is 0.0822 e. The molecule has 60 valence electrons. The maximum atomic E-state index is 5.16. The number of rotatable bonds is 2. The van der Waals surface area contributed by atoms with Crippen molar-refractivity contribution in [3.63, 3.8) is 0 Å². The third-order valence-corrected chi connectivity index (χ3v) is 2.34. The highest BCUT2D eigenvalue weighted by atomic mass is 32.1. The largest absolute Gasteiger partial charge is 0.346 e. The van der Waals surface area contributed by atoms with E-state index < -0.39 is 0 Å². The predicted molar refractivity (Wildman–Crippen MR) is 52.4 cm³/mol. The van der Waals surface area contributed by atoms with Gasteiger partial charge < -0.3 is 4.90 Å². The Balaban J connectivity index is 2.56. The second kappa shape index (κ2) is 3.67. The Bertz CT molecular complexity index is 196. The number of allylic oxidation sites excluding steroid dienone is 2. The second-order valence-electron chi connectivity index (χ2n) is 2.83. The van der Waals surface area contributed by atoms with Gasteiger partial charge in [-0.2, -0.15) is 0 Å². The number of thiocarbonyl (C=S) groups is 1. The molecule has 0 radical (unpaired) electrons. The van der Waals surface area contributed by atoms with Gasteiger partial charge in [-0.1, -0.05) is 24.4 Å². The summed E-state index contributed by atoms with van der Waals surface area (Å²) in [6.07, 6.45) is 8.21. The molecule has 1 unspecified atom stereocenters. The summed E-state index contributed by atoms with van der Waals surface area (Å²) in [4.78, 5) is 3.02. The van der Waals surface area contributed by atoms with E-state index in [1.165, 1.54) is 0 Å². The fraction of sp³-hybridized carbons (Fsp3) is 0.444. The lowest BCUT2D eigenvalue weighted by atomic mass is 9.99. The van der Waals surface area contributed by atoms with Crippen LogP contribution in [-0.4, -0.2) is 16.9 Å². The molecule has 0 saturated heterocycles. The average Bonchev–Trinajstić information content (AvgIpc) is 1.98. The Morgan fingerprint density at radius 1 is 1.91 bits per heavy atom. The molecule has 2 heteroatoms. The summed E-state index contributed by atoms with van der Waals surface area (Å²) in [5.74, 6) is 0.580. The van der Waals surface area contributed by atoms with Crippen LogP contribution in [0.15, 0.2) is 24.9 Å². The van der Waals surface area contributed by atoms with Crippen LogP contribution < -0.4 is 0 Å². The molecule has 11 heavy (non-hydrogen) atoms. The van der Waals surface area contributed by atoms with Crippen LogP contribution in [0.2, 0.25) is 0 Å². The van der Waals surface area contributed by atoms with E-state index in [1.54, 1.807) is 0 Å². The Morgan fingerprint density at radius 3 is 3.18 bits per heavy atom. The van der Waals surface area contributed by atoms with Gasteiger partial charge in [-0.05, 0) is 12.3 Å². The van der Waals surface area contributed by atoms with Gasteiger partial charge in [0.1, 0.15) is 0 Å². The van der Waals surface area contributed by atoms with Gasteiger partial charge in [0.15, 0.2) is 0 Å². The van der Waals surface area contributed by atoms with Crippen molar-refractivity contribution in [2.24, 2.45) is 5.92 Å². The summed E-state index contributed by atoms with van der Waals surface area (Å²) in [6.45, 7) is 3.71. The van der Waals surface area contributed by atoms with Crippen LogP contribution in [0.5, 0.6) is 0 Å². The zero-order valence-corrected chi connectivity index (χ0v) is 7.60. The number of nitrogens with zero attached hydrogens (tertiary/aromatic N) is 1. The lowest BCUT2D eigenvalue weighted by Crippen LogP contribution is -2.25. The number of hydrogen-bond donors (Lipinski definition) is 0. The van der Waals surface area contributed by atoms with Gasteiger partial charge in [-0.3, -0.25) is 0 Å². The molecule has 0 aromatic rings. The van der Waals surface area contributed by atoms with Gasteiger partial charge in [-0.15, -0.1) is 6.58 Å². The summed E-state index contributed by atoms with van der Waals surface area (Å²) < 4.78 is 0. The van der Waals surface area contributed by atoms with Crippen LogP contribution >= 0.6 is 12.2 Å². The Morgan fingerprint density at radius 2 is 2.64 bits per heavy atom. The first kappa shape index (κ1) is 8.47. The maximum Gasteiger partial charge on any atom is 0.0822 e. The monoisotopic (exact) mass is 167 g/mol. The van der Waals surface area contributed by atoms with Crippen LogP contribution in [0, 0.1) is 5.92 Å². The van der Waals surface area contributed by atoms with E-state index in [-0.39, 0.29) is 0 Å². The molecule has 0 bridgehead atoms. The molecule has 1 aliphatic rings. The number of hydrogen-bond acceptors (Lipinski definition) is 1. The van der Waals surface area contributed by atoms with Crippen LogP contribution in [-0.2, 0) is 0 Å². The Kier molecular flexibility index (Phi) is 2.83. The first-order chi connectivity index (χ1) is 5.24. The zero-order valence-electron chi connectivity index (χ0n) is 6.79. The predicted octanol–water partition coefficient (Wildman–Crippen LogP) is 2.36. The molecule has 0 fully saturated rings. The molecule has 0 saturated carbocycles. The van der Waals surface area contributed by atoms with Crippen molar-refractivity contribution in [3.05, 3.63) is 24.9 Å².